The smallest absolute Gasteiger partial charge is 0.273 e. The predicted molar refractivity (Wildman–Crippen MR) is 99.4 cm³/mol. The number of rotatable bonds is 9. The van der Waals surface area contributed by atoms with E-state index in [9.17, 15) is 14.9 Å². The van der Waals surface area contributed by atoms with Crippen molar-refractivity contribution in [2.75, 3.05) is 25.6 Å². The fraction of sp³-hybridized carbons (Fsp3) is 0.222. The summed E-state index contributed by atoms with van der Waals surface area (Å²) >= 11 is 0. The molecule has 0 fully saturated rings. The largest absolute Gasteiger partial charge is 0.494 e. The van der Waals surface area contributed by atoms with Gasteiger partial charge in [-0.3, -0.25) is 14.9 Å². The van der Waals surface area contributed by atoms with Crippen molar-refractivity contribution in [3.05, 3.63) is 58.1 Å². The van der Waals surface area contributed by atoms with E-state index in [1.54, 1.807) is 24.3 Å². The van der Waals surface area contributed by atoms with Crippen molar-refractivity contribution >= 4 is 23.5 Å². The summed E-state index contributed by atoms with van der Waals surface area (Å²) in [5.41, 5.74) is 0.948. The summed E-state index contributed by atoms with van der Waals surface area (Å²) in [6, 6.07) is 11.1. The molecule has 0 atom stereocenters. The molecule has 0 aliphatic rings. The van der Waals surface area contributed by atoms with E-state index in [2.05, 4.69) is 10.5 Å². The number of nitro groups is 1. The molecule has 0 saturated carbocycles. The number of non-ortho nitro benzene ring substituents is 1. The topological polar surface area (TPSA) is 112 Å². The first-order chi connectivity index (χ1) is 13.0. The SMILES string of the molecule is CCOc1ccc(/C=N\OCC(=O)Nc2ccc([N+](=O)[O-])cc2OC)cc1. The molecule has 0 bridgehead atoms. The lowest BCUT2D eigenvalue weighted by Crippen LogP contribution is -2.17. The molecule has 0 saturated heterocycles. The lowest BCUT2D eigenvalue weighted by atomic mass is 10.2. The van der Waals surface area contributed by atoms with E-state index in [0.29, 0.717) is 12.3 Å². The number of amides is 1. The number of nitro benzene ring substituents is 1. The molecule has 9 heteroatoms. The Labute approximate surface area is 155 Å². The van der Waals surface area contributed by atoms with E-state index in [4.69, 9.17) is 14.3 Å². The van der Waals surface area contributed by atoms with Gasteiger partial charge in [-0.25, -0.2) is 0 Å². The summed E-state index contributed by atoms with van der Waals surface area (Å²) in [4.78, 5) is 27.1. The number of anilines is 1. The average molecular weight is 373 g/mol. The number of benzene rings is 2. The van der Waals surface area contributed by atoms with Crippen molar-refractivity contribution in [3.8, 4) is 11.5 Å². The molecule has 0 aromatic heterocycles. The number of methoxy groups -OCH3 is 1. The lowest BCUT2D eigenvalue weighted by molar-refractivity contribution is -0.384. The minimum atomic E-state index is -0.549. The highest BCUT2D eigenvalue weighted by atomic mass is 16.6. The first-order valence-electron chi connectivity index (χ1n) is 8.04. The maximum absolute atomic E-state index is 11.9. The minimum absolute atomic E-state index is 0.138. The Morgan fingerprint density at radius 2 is 2.00 bits per heavy atom. The maximum Gasteiger partial charge on any atom is 0.273 e. The average Bonchev–Trinajstić information content (AvgIpc) is 2.67. The Morgan fingerprint density at radius 1 is 1.26 bits per heavy atom. The van der Waals surface area contributed by atoms with Crippen LogP contribution in [0.2, 0.25) is 0 Å². The van der Waals surface area contributed by atoms with Crippen molar-refractivity contribution in [2.24, 2.45) is 5.16 Å². The van der Waals surface area contributed by atoms with Gasteiger partial charge < -0.3 is 19.6 Å². The van der Waals surface area contributed by atoms with Gasteiger partial charge >= 0.3 is 0 Å². The van der Waals surface area contributed by atoms with Crippen molar-refractivity contribution in [3.63, 3.8) is 0 Å². The third-order valence-corrected chi connectivity index (χ3v) is 3.33. The number of carbonyl (C=O) groups is 1. The third-order valence-electron chi connectivity index (χ3n) is 3.33. The van der Waals surface area contributed by atoms with Crippen LogP contribution in [0.1, 0.15) is 12.5 Å². The summed E-state index contributed by atoms with van der Waals surface area (Å²) in [5, 5.41) is 17.0. The highest BCUT2D eigenvalue weighted by Gasteiger charge is 2.13. The molecule has 2 aromatic rings. The van der Waals surface area contributed by atoms with Gasteiger partial charge in [0.2, 0.25) is 0 Å². The van der Waals surface area contributed by atoms with E-state index in [1.165, 1.54) is 31.5 Å². The molecule has 0 aliphatic heterocycles. The third kappa shape index (κ3) is 5.99. The summed E-state index contributed by atoms with van der Waals surface area (Å²) in [6.07, 6.45) is 1.47. The van der Waals surface area contributed by atoms with Crippen LogP contribution in [0.3, 0.4) is 0 Å². The molecule has 0 heterocycles. The summed E-state index contributed by atoms with van der Waals surface area (Å²) in [7, 11) is 1.35. The molecule has 2 aromatic carbocycles. The molecule has 2 rings (SSSR count). The number of hydrogen-bond acceptors (Lipinski definition) is 7. The number of oxime groups is 1. The van der Waals surface area contributed by atoms with E-state index < -0.39 is 10.8 Å². The van der Waals surface area contributed by atoms with Gasteiger partial charge in [0, 0.05) is 6.07 Å². The van der Waals surface area contributed by atoms with Gasteiger partial charge in [0.1, 0.15) is 11.5 Å². The first-order valence-corrected chi connectivity index (χ1v) is 8.04. The van der Waals surface area contributed by atoms with Crippen LogP contribution < -0.4 is 14.8 Å². The molecule has 0 spiro atoms. The number of carbonyl (C=O) groups excluding carboxylic acids is 1. The van der Waals surface area contributed by atoms with Crippen LogP contribution in [-0.2, 0) is 9.63 Å². The minimum Gasteiger partial charge on any atom is -0.494 e. The second-order valence-corrected chi connectivity index (χ2v) is 5.20. The Morgan fingerprint density at radius 3 is 2.63 bits per heavy atom. The van der Waals surface area contributed by atoms with Crippen LogP contribution >= 0.6 is 0 Å². The number of nitrogens with zero attached hydrogens (tertiary/aromatic N) is 2. The maximum atomic E-state index is 11.9. The van der Waals surface area contributed by atoms with E-state index in [1.807, 2.05) is 6.92 Å². The van der Waals surface area contributed by atoms with Gasteiger partial charge in [0.05, 0.1) is 36.6 Å². The van der Waals surface area contributed by atoms with Crippen LogP contribution in [0.5, 0.6) is 11.5 Å². The highest BCUT2D eigenvalue weighted by molar-refractivity contribution is 5.93. The van der Waals surface area contributed by atoms with E-state index in [0.717, 1.165) is 11.3 Å². The second-order valence-electron chi connectivity index (χ2n) is 5.20. The van der Waals surface area contributed by atoms with Gasteiger partial charge in [-0.15, -0.1) is 0 Å². The molecule has 27 heavy (non-hydrogen) atoms. The molecular formula is C18H19N3O6. The van der Waals surface area contributed by atoms with Crippen LogP contribution in [0, 0.1) is 10.1 Å². The number of hydrogen-bond donors (Lipinski definition) is 1. The lowest BCUT2D eigenvalue weighted by Gasteiger charge is -2.09. The van der Waals surface area contributed by atoms with Gasteiger partial charge in [-0.1, -0.05) is 5.16 Å². The van der Waals surface area contributed by atoms with Gasteiger partial charge in [-0.2, -0.15) is 0 Å². The fourth-order valence-corrected chi connectivity index (χ4v) is 2.09. The Bertz CT molecular complexity index is 820. The van der Waals surface area contributed by atoms with Gasteiger partial charge in [-0.05, 0) is 42.8 Å². The molecule has 1 amide bonds. The Hall–Kier alpha value is -3.62. The molecule has 0 aliphatic carbocycles. The number of ether oxygens (including phenoxy) is 2. The molecule has 142 valence electrons. The van der Waals surface area contributed by atoms with Crippen molar-refractivity contribution in [2.45, 2.75) is 6.92 Å². The van der Waals surface area contributed by atoms with Crippen LogP contribution in [0.4, 0.5) is 11.4 Å². The predicted octanol–water partition coefficient (Wildman–Crippen LogP) is 2.99. The zero-order chi connectivity index (χ0) is 19.6. The van der Waals surface area contributed by atoms with Gasteiger partial charge in [0.25, 0.3) is 11.6 Å². The molecule has 1 N–H and O–H groups in total. The molecular weight excluding hydrogens is 354 g/mol. The van der Waals surface area contributed by atoms with E-state index in [-0.39, 0.29) is 18.0 Å². The molecule has 9 nitrogen and oxygen atoms in total. The monoisotopic (exact) mass is 373 g/mol. The second kappa shape index (κ2) is 9.76. The Kier molecular flexibility index (Phi) is 7.12. The standard InChI is InChI=1S/C18H19N3O6/c1-3-26-15-7-4-13(5-8-15)11-19-27-12-18(22)20-16-9-6-14(21(23)24)10-17(16)25-2/h4-11H,3,12H2,1-2H3,(H,20,22)/b19-11-. The molecule has 0 unspecified atom stereocenters. The zero-order valence-electron chi connectivity index (χ0n) is 14.9. The summed E-state index contributed by atoms with van der Waals surface area (Å²) in [6.45, 7) is 2.17. The summed E-state index contributed by atoms with van der Waals surface area (Å²) < 4.78 is 10.4. The zero-order valence-corrected chi connectivity index (χ0v) is 14.9. The number of nitrogens with one attached hydrogen (secondary N) is 1. The Balaban J connectivity index is 1.86. The fourth-order valence-electron chi connectivity index (χ4n) is 2.09. The first kappa shape index (κ1) is 19.7. The van der Waals surface area contributed by atoms with Crippen molar-refractivity contribution in [1.29, 1.82) is 0 Å². The molecule has 0 radical (unpaired) electrons. The van der Waals surface area contributed by atoms with Crippen molar-refractivity contribution in [1.82, 2.24) is 0 Å². The highest BCUT2D eigenvalue weighted by Crippen LogP contribution is 2.28. The van der Waals surface area contributed by atoms with Crippen LogP contribution in [0.15, 0.2) is 47.6 Å². The van der Waals surface area contributed by atoms with Gasteiger partial charge in [0.15, 0.2) is 6.61 Å². The summed E-state index contributed by atoms with van der Waals surface area (Å²) in [5.74, 6) is 0.452. The van der Waals surface area contributed by atoms with Crippen LogP contribution in [-0.4, -0.2) is 37.4 Å². The van der Waals surface area contributed by atoms with Crippen molar-refractivity contribution < 1.29 is 24.0 Å². The quantitative estimate of drug-likeness (QED) is 0.411. The van der Waals surface area contributed by atoms with Crippen LogP contribution in [0.25, 0.3) is 0 Å². The van der Waals surface area contributed by atoms with E-state index >= 15 is 0 Å². The normalized spacial score (nSPS) is 10.4.